The van der Waals surface area contributed by atoms with E-state index in [1.165, 1.54) is 6.20 Å². The minimum Gasteiger partial charge on any atom is -0.496 e. The van der Waals surface area contributed by atoms with Gasteiger partial charge >= 0.3 is 0 Å². The highest BCUT2D eigenvalue weighted by molar-refractivity contribution is 5.83. The lowest BCUT2D eigenvalue weighted by molar-refractivity contribution is -0.122. The summed E-state index contributed by atoms with van der Waals surface area (Å²) >= 11 is 0. The minimum atomic E-state index is -0.327. The number of methoxy groups -OCH3 is 1. The minimum absolute atomic E-state index is 0.00500. The van der Waals surface area contributed by atoms with Crippen LogP contribution in [-0.4, -0.2) is 17.6 Å². The number of carbonyl (C=O) groups is 1. The number of carbonyl (C=O) groups excluding carboxylic acids is 1. The summed E-state index contributed by atoms with van der Waals surface area (Å²) in [5, 5.41) is 12.6. The maximum absolute atomic E-state index is 12.6. The molecule has 1 unspecified atom stereocenters. The Bertz CT molecular complexity index is 1100. The molecule has 3 aromatic rings. The first-order valence-electron chi connectivity index (χ1n) is 8.49. The highest BCUT2D eigenvalue weighted by atomic mass is 16.5. The van der Waals surface area contributed by atoms with Gasteiger partial charge in [-0.1, -0.05) is 30.3 Å². The SMILES string of the molecule is COc1ccccc1C(C)NC(=O)Cn1cc(C#N)c(=O)c2ccccc21. The smallest absolute Gasteiger partial charge is 0.240 e. The molecule has 136 valence electrons. The van der Waals surface area contributed by atoms with E-state index in [4.69, 9.17) is 4.74 Å². The Morgan fingerprint density at radius 3 is 2.67 bits per heavy atom. The van der Waals surface area contributed by atoms with E-state index in [9.17, 15) is 14.9 Å². The van der Waals surface area contributed by atoms with Crippen LogP contribution in [0, 0.1) is 11.3 Å². The Morgan fingerprint density at radius 2 is 1.93 bits per heavy atom. The maximum atomic E-state index is 12.6. The number of nitrogens with one attached hydrogen (secondary N) is 1. The zero-order valence-corrected chi connectivity index (χ0v) is 15.1. The van der Waals surface area contributed by atoms with Gasteiger partial charge in [0.2, 0.25) is 11.3 Å². The van der Waals surface area contributed by atoms with E-state index < -0.39 is 0 Å². The maximum Gasteiger partial charge on any atom is 0.240 e. The number of para-hydroxylation sites is 2. The van der Waals surface area contributed by atoms with Gasteiger partial charge in [-0.05, 0) is 25.1 Å². The van der Waals surface area contributed by atoms with Crippen molar-refractivity contribution >= 4 is 16.8 Å². The first-order chi connectivity index (χ1) is 13.0. The van der Waals surface area contributed by atoms with Crippen LogP contribution in [-0.2, 0) is 11.3 Å². The molecule has 0 aliphatic carbocycles. The van der Waals surface area contributed by atoms with E-state index >= 15 is 0 Å². The number of rotatable bonds is 5. The molecule has 0 radical (unpaired) electrons. The molecular formula is C21H19N3O3. The number of hydrogen-bond acceptors (Lipinski definition) is 4. The molecule has 6 heteroatoms. The average Bonchev–Trinajstić information content (AvgIpc) is 2.70. The number of ether oxygens (including phenoxy) is 1. The molecule has 1 atom stereocenters. The van der Waals surface area contributed by atoms with Crippen molar-refractivity contribution in [1.82, 2.24) is 9.88 Å². The summed E-state index contributed by atoms with van der Waals surface area (Å²) in [6.45, 7) is 1.87. The number of amides is 1. The third-order valence-corrected chi connectivity index (χ3v) is 4.40. The summed E-state index contributed by atoms with van der Waals surface area (Å²) in [6.07, 6.45) is 1.43. The number of nitriles is 1. The first-order valence-corrected chi connectivity index (χ1v) is 8.49. The van der Waals surface area contributed by atoms with Crippen molar-refractivity contribution in [2.75, 3.05) is 7.11 Å². The van der Waals surface area contributed by atoms with Crippen LogP contribution in [0.25, 0.3) is 10.9 Å². The summed E-state index contributed by atoms with van der Waals surface area (Å²) in [4.78, 5) is 24.9. The molecule has 1 N–H and O–H groups in total. The number of fused-ring (bicyclic) bond motifs is 1. The third-order valence-electron chi connectivity index (χ3n) is 4.40. The number of benzene rings is 2. The molecule has 2 aromatic carbocycles. The van der Waals surface area contributed by atoms with Crippen LogP contribution in [0.3, 0.4) is 0 Å². The second-order valence-electron chi connectivity index (χ2n) is 6.16. The normalized spacial score (nSPS) is 11.6. The zero-order chi connectivity index (χ0) is 19.4. The fourth-order valence-corrected chi connectivity index (χ4v) is 3.10. The van der Waals surface area contributed by atoms with Crippen molar-refractivity contribution in [2.45, 2.75) is 19.5 Å². The largest absolute Gasteiger partial charge is 0.496 e. The zero-order valence-electron chi connectivity index (χ0n) is 15.1. The van der Waals surface area contributed by atoms with E-state index in [0.29, 0.717) is 16.7 Å². The van der Waals surface area contributed by atoms with Gasteiger partial charge in [0.15, 0.2) is 0 Å². The van der Waals surface area contributed by atoms with Crippen molar-refractivity contribution in [2.24, 2.45) is 0 Å². The molecule has 6 nitrogen and oxygen atoms in total. The van der Waals surface area contributed by atoms with Crippen LogP contribution < -0.4 is 15.5 Å². The summed E-state index contributed by atoms with van der Waals surface area (Å²) < 4.78 is 6.96. The van der Waals surface area contributed by atoms with Gasteiger partial charge in [-0.15, -0.1) is 0 Å². The van der Waals surface area contributed by atoms with Gasteiger partial charge in [-0.2, -0.15) is 5.26 Å². The van der Waals surface area contributed by atoms with Gasteiger partial charge < -0.3 is 14.6 Å². The molecule has 0 bridgehead atoms. The van der Waals surface area contributed by atoms with Crippen molar-refractivity contribution in [3.63, 3.8) is 0 Å². The molecule has 0 saturated carbocycles. The van der Waals surface area contributed by atoms with E-state index in [1.807, 2.05) is 37.3 Å². The number of pyridine rings is 1. The molecule has 0 fully saturated rings. The molecule has 0 saturated heterocycles. The molecule has 1 amide bonds. The van der Waals surface area contributed by atoms with Gasteiger partial charge in [-0.3, -0.25) is 9.59 Å². The van der Waals surface area contributed by atoms with Crippen LogP contribution in [0.5, 0.6) is 5.75 Å². The van der Waals surface area contributed by atoms with E-state index in [-0.39, 0.29) is 29.5 Å². The van der Waals surface area contributed by atoms with E-state index in [1.54, 1.807) is 35.9 Å². The lowest BCUT2D eigenvalue weighted by atomic mass is 10.1. The van der Waals surface area contributed by atoms with Gasteiger partial charge in [0.25, 0.3) is 0 Å². The second kappa shape index (κ2) is 7.75. The van der Waals surface area contributed by atoms with Gasteiger partial charge in [0, 0.05) is 17.1 Å². The molecule has 3 rings (SSSR count). The monoisotopic (exact) mass is 361 g/mol. The Hall–Kier alpha value is -3.59. The van der Waals surface area contributed by atoms with Crippen molar-refractivity contribution < 1.29 is 9.53 Å². The predicted octanol–water partition coefficient (Wildman–Crippen LogP) is 2.76. The van der Waals surface area contributed by atoms with Crippen molar-refractivity contribution in [3.8, 4) is 11.8 Å². The molecule has 0 aliphatic rings. The Kier molecular flexibility index (Phi) is 5.23. The molecule has 0 spiro atoms. The molecular weight excluding hydrogens is 342 g/mol. The lowest BCUT2D eigenvalue weighted by Gasteiger charge is -2.18. The quantitative estimate of drug-likeness (QED) is 0.757. The average molecular weight is 361 g/mol. The highest BCUT2D eigenvalue weighted by Crippen LogP contribution is 2.24. The molecule has 1 aromatic heterocycles. The third kappa shape index (κ3) is 3.67. The first kappa shape index (κ1) is 18.2. The van der Waals surface area contributed by atoms with Crippen molar-refractivity contribution in [1.29, 1.82) is 5.26 Å². The Labute approximate surface area is 156 Å². The van der Waals surface area contributed by atoms with Crippen LogP contribution in [0.1, 0.15) is 24.1 Å². The van der Waals surface area contributed by atoms with E-state index in [0.717, 1.165) is 5.56 Å². The van der Waals surface area contributed by atoms with Crippen LogP contribution in [0.15, 0.2) is 59.5 Å². The van der Waals surface area contributed by atoms with Gasteiger partial charge in [0.1, 0.15) is 23.9 Å². The topological polar surface area (TPSA) is 84.1 Å². The lowest BCUT2D eigenvalue weighted by Crippen LogP contribution is -2.31. The summed E-state index contributed by atoms with van der Waals surface area (Å²) in [5.41, 5.74) is 1.17. The summed E-state index contributed by atoms with van der Waals surface area (Å²) in [7, 11) is 1.59. The molecule has 0 aliphatic heterocycles. The predicted molar refractivity (Wildman–Crippen MR) is 102 cm³/mol. The molecule has 1 heterocycles. The number of aromatic nitrogens is 1. The van der Waals surface area contributed by atoms with Crippen LogP contribution in [0.2, 0.25) is 0 Å². The highest BCUT2D eigenvalue weighted by Gasteiger charge is 2.15. The Balaban J connectivity index is 1.87. The van der Waals surface area contributed by atoms with E-state index in [2.05, 4.69) is 5.32 Å². The number of hydrogen-bond donors (Lipinski definition) is 1. The van der Waals surface area contributed by atoms with Crippen LogP contribution >= 0.6 is 0 Å². The van der Waals surface area contributed by atoms with Gasteiger partial charge in [-0.25, -0.2) is 0 Å². The van der Waals surface area contributed by atoms with Crippen LogP contribution in [0.4, 0.5) is 0 Å². The number of nitrogens with zero attached hydrogens (tertiary/aromatic N) is 2. The summed E-state index contributed by atoms with van der Waals surface area (Å²) in [5.74, 6) is 0.469. The Morgan fingerprint density at radius 1 is 1.22 bits per heavy atom. The summed E-state index contributed by atoms with van der Waals surface area (Å²) in [6, 6.07) is 16.1. The molecule has 27 heavy (non-hydrogen) atoms. The second-order valence-corrected chi connectivity index (χ2v) is 6.16. The fraction of sp³-hybridized carbons (Fsp3) is 0.190. The fourth-order valence-electron chi connectivity index (χ4n) is 3.10. The van der Waals surface area contributed by atoms with Crippen molar-refractivity contribution in [3.05, 3.63) is 76.1 Å². The standard InChI is InChI=1S/C21H19N3O3/c1-14(16-7-4-6-10-19(16)27-2)23-20(25)13-24-12-15(11-22)21(26)17-8-3-5-9-18(17)24/h3-10,12,14H,13H2,1-2H3,(H,23,25). The van der Waals surface area contributed by atoms with Gasteiger partial charge in [0.05, 0.1) is 18.7 Å².